The zero-order valence-corrected chi connectivity index (χ0v) is 14.0. The lowest BCUT2D eigenvalue weighted by Crippen LogP contribution is -2.36. The van der Waals surface area contributed by atoms with Crippen LogP contribution in [0.3, 0.4) is 0 Å². The van der Waals surface area contributed by atoms with E-state index in [1.165, 1.54) is 16.4 Å². The summed E-state index contributed by atoms with van der Waals surface area (Å²) in [6, 6.07) is 11.6. The average molecular weight is 344 g/mol. The summed E-state index contributed by atoms with van der Waals surface area (Å²) in [6.07, 6.45) is 0.573. The van der Waals surface area contributed by atoms with Crippen LogP contribution in [0, 0.1) is 12.7 Å². The van der Waals surface area contributed by atoms with Crippen molar-refractivity contribution in [2.75, 3.05) is 6.54 Å². The number of fused-ring (bicyclic) bond motifs is 3. The predicted octanol–water partition coefficient (Wildman–Crippen LogP) is 3.36. The molecule has 124 valence electrons. The van der Waals surface area contributed by atoms with Gasteiger partial charge in [-0.3, -0.25) is 0 Å². The molecule has 0 bridgehead atoms. The van der Waals surface area contributed by atoms with Crippen LogP contribution in [0.2, 0.25) is 0 Å². The van der Waals surface area contributed by atoms with Crippen molar-refractivity contribution >= 4 is 20.9 Å². The Hall–Kier alpha value is -2.18. The van der Waals surface area contributed by atoms with Crippen molar-refractivity contribution in [2.24, 2.45) is 0 Å². The highest BCUT2D eigenvalue weighted by Gasteiger charge is 2.30. The monoisotopic (exact) mass is 344 g/mol. The molecular formula is C18H17FN2O2S. The molecule has 3 aromatic rings. The first-order valence-electron chi connectivity index (χ1n) is 7.81. The first-order valence-corrected chi connectivity index (χ1v) is 9.25. The van der Waals surface area contributed by atoms with Gasteiger partial charge in [0.1, 0.15) is 5.82 Å². The lowest BCUT2D eigenvalue weighted by atomic mass is 10.0. The van der Waals surface area contributed by atoms with Gasteiger partial charge in [-0.05, 0) is 48.7 Å². The fraction of sp³-hybridized carbons (Fsp3) is 0.222. The van der Waals surface area contributed by atoms with Crippen molar-refractivity contribution < 1.29 is 12.8 Å². The summed E-state index contributed by atoms with van der Waals surface area (Å²) >= 11 is 0. The Bertz CT molecular complexity index is 1040. The van der Waals surface area contributed by atoms with Gasteiger partial charge in [-0.1, -0.05) is 18.2 Å². The van der Waals surface area contributed by atoms with E-state index in [0.29, 0.717) is 17.9 Å². The van der Waals surface area contributed by atoms with Crippen LogP contribution in [0.5, 0.6) is 0 Å². The van der Waals surface area contributed by atoms with Crippen molar-refractivity contribution in [2.45, 2.75) is 24.8 Å². The van der Waals surface area contributed by atoms with Gasteiger partial charge in [-0.25, -0.2) is 12.8 Å². The summed E-state index contributed by atoms with van der Waals surface area (Å²) in [5.74, 6) is -0.278. The normalized spacial score (nSPS) is 15.6. The fourth-order valence-corrected chi connectivity index (χ4v) is 5.01. The zero-order chi connectivity index (χ0) is 16.9. The third-order valence-electron chi connectivity index (χ3n) is 4.61. The van der Waals surface area contributed by atoms with Gasteiger partial charge in [0.05, 0.1) is 11.4 Å². The SMILES string of the molecule is Cc1ccccc1S(=O)(=O)N1CCc2c([nH]c3ccc(F)cc23)C1. The third kappa shape index (κ3) is 2.34. The molecule has 1 N–H and O–H groups in total. The van der Waals surface area contributed by atoms with Crippen molar-refractivity contribution in [1.29, 1.82) is 0 Å². The standard InChI is InChI=1S/C18H17FN2O2S/c1-12-4-2-3-5-18(12)24(22,23)21-9-8-14-15-10-13(19)6-7-16(15)20-17(14)11-21/h2-7,10,20H,8-9,11H2,1H3. The van der Waals surface area contributed by atoms with Gasteiger partial charge >= 0.3 is 0 Å². The first kappa shape index (κ1) is 15.4. The number of nitrogens with one attached hydrogen (secondary N) is 1. The van der Waals surface area contributed by atoms with Gasteiger partial charge in [0.2, 0.25) is 10.0 Å². The van der Waals surface area contributed by atoms with Crippen LogP contribution in [-0.2, 0) is 23.0 Å². The Morgan fingerprint density at radius 1 is 1.17 bits per heavy atom. The molecule has 1 aliphatic rings. The fourth-order valence-electron chi connectivity index (χ4n) is 3.38. The summed E-state index contributed by atoms with van der Waals surface area (Å²) in [5, 5.41) is 0.845. The molecule has 0 saturated carbocycles. The van der Waals surface area contributed by atoms with Crippen LogP contribution < -0.4 is 0 Å². The van der Waals surface area contributed by atoms with Crippen LogP contribution in [0.1, 0.15) is 16.8 Å². The highest BCUT2D eigenvalue weighted by Crippen LogP contribution is 2.31. The van der Waals surface area contributed by atoms with Crippen LogP contribution >= 0.6 is 0 Å². The van der Waals surface area contributed by atoms with Crippen LogP contribution in [0.4, 0.5) is 4.39 Å². The van der Waals surface area contributed by atoms with Crippen LogP contribution in [0.15, 0.2) is 47.4 Å². The van der Waals surface area contributed by atoms with E-state index < -0.39 is 10.0 Å². The summed E-state index contributed by atoms with van der Waals surface area (Å²) in [5.41, 5.74) is 3.44. The number of aryl methyl sites for hydroxylation is 1. The van der Waals surface area contributed by atoms with E-state index in [-0.39, 0.29) is 12.4 Å². The Balaban J connectivity index is 1.74. The van der Waals surface area contributed by atoms with E-state index in [1.54, 1.807) is 31.2 Å². The maximum Gasteiger partial charge on any atom is 0.243 e. The molecule has 6 heteroatoms. The number of hydrogen-bond donors (Lipinski definition) is 1. The van der Waals surface area contributed by atoms with Crippen molar-refractivity contribution in [3.05, 3.63) is 65.1 Å². The van der Waals surface area contributed by atoms with Crippen molar-refractivity contribution in [3.63, 3.8) is 0 Å². The number of H-pyrrole nitrogens is 1. The number of nitrogens with zero attached hydrogens (tertiary/aromatic N) is 1. The smallest absolute Gasteiger partial charge is 0.243 e. The van der Waals surface area contributed by atoms with E-state index in [4.69, 9.17) is 0 Å². The van der Waals surface area contributed by atoms with Crippen LogP contribution in [0.25, 0.3) is 10.9 Å². The molecule has 4 rings (SSSR count). The summed E-state index contributed by atoms with van der Waals surface area (Å²) < 4.78 is 40.9. The van der Waals surface area contributed by atoms with Gasteiger partial charge < -0.3 is 4.98 Å². The maximum absolute atomic E-state index is 13.5. The second-order valence-electron chi connectivity index (χ2n) is 6.13. The topological polar surface area (TPSA) is 53.2 Å². The van der Waals surface area contributed by atoms with Gasteiger partial charge in [-0.15, -0.1) is 0 Å². The first-order chi connectivity index (χ1) is 11.5. The number of halogens is 1. The average Bonchev–Trinajstić information content (AvgIpc) is 2.92. The Labute approximate surface area is 140 Å². The second kappa shape index (κ2) is 5.43. The van der Waals surface area contributed by atoms with Gasteiger partial charge in [-0.2, -0.15) is 4.31 Å². The zero-order valence-electron chi connectivity index (χ0n) is 13.2. The Morgan fingerprint density at radius 2 is 1.96 bits per heavy atom. The molecule has 4 nitrogen and oxygen atoms in total. The highest BCUT2D eigenvalue weighted by atomic mass is 32.2. The van der Waals surface area contributed by atoms with Crippen molar-refractivity contribution in [1.82, 2.24) is 9.29 Å². The van der Waals surface area contributed by atoms with Gasteiger partial charge in [0.15, 0.2) is 0 Å². The summed E-state index contributed by atoms with van der Waals surface area (Å²) in [6.45, 7) is 2.48. The highest BCUT2D eigenvalue weighted by molar-refractivity contribution is 7.89. The largest absolute Gasteiger partial charge is 0.357 e. The molecule has 0 atom stereocenters. The third-order valence-corrected chi connectivity index (χ3v) is 6.62. The quantitative estimate of drug-likeness (QED) is 0.775. The molecule has 0 amide bonds. The molecule has 0 radical (unpaired) electrons. The number of benzene rings is 2. The minimum Gasteiger partial charge on any atom is -0.357 e. The molecule has 0 spiro atoms. The number of aromatic nitrogens is 1. The molecule has 0 aliphatic carbocycles. The lowest BCUT2D eigenvalue weighted by molar-refractivity contribution is 0.388. The Kier molecular flexibility index (Phi) is 3.47. The molecule has 24 heavy (non-hydrogen) atoms. The number of aromatic amines is 1. The molecule has 1 aliphatic heterocycles. The number of hydrogen-bond acceptors (Lipinski definition) is 2. The molecule has 0 unspecified atom stereocenters. The van der Waals surface area contributed by atoms with E-state index in [1.807, 2.05) is 6.07 Å². The molecule has 0 saturated heterocycles. The van der Waals surface area contributed by atoms with Crippen molar-refractivity contribution in [3.8, 4) is 0 Å². The molecule has 2 heterocycles. The van der Waals surface area contributed by atoms with Crippen LogP contribution in [-0.4, -0.2) is 24.3 Å². The minimum absolute atomic E-state index is 0.278. The molecular weight excluding hydrogens is 327 g/mol. The summed E-state index contributed by atoms with van der Waals surface area (Å²) in [7, 11) is -3.54. The Morgan fingerprint density at radius 3 is 2.75 bits per heavy atom. The van der Waals surface area contributed by atoms with E-state index in [0.717, 1.165) is 27.7 Å². The van der Waals surface area contributed by atoms with E-state index in [2.05, 4.69) is 4.98 Å². The van der Waals surface area contributed by atoms with E-state index >= 15 is 0 Å². The second-order valence-corrected chi connectivity index (χ2v) is 8.03. The van der Waals surface area contributed by atoms with Gasteiger partial charge in [0, 0.05) is 23.1 Å². The molecule has 2 aromatic carbocycles. The minimum atomic E-state index is -3.54. The number of rotatable bonds is 2. The molecule has 1 aromatic heterocycles. The predicted molar refractivity (Wildman–Crippen MR) is 90.7 cm³/mol. The maximum atomic E-state index is 13.5. The lowest BCUT2D eigenvalue weighted by Gasteiger charge is -2.27. The molecule has 0 fully saturated rings. The van der Waals surface area contributed by atoms with Gasteiger partial charge in [0.25, 0.3) is 0 Å². The van der Waals surface area contributed by atoms with E-state index in [9.17, 15) is 12.8 Å². The summed E-state index contributed by atoms with van der Waals surface area (Å²) in [4.78, 5) is 3.58. The number of sulfonamides is 1.